The second-order valence-electron chi connectivity index (χ2n) is 6.49. The Kier molecular flexibility index (Phi) is 6.28. The summed E-state index contributed by atoms with van der Waals surface area (Å²) in [5, 5.41) is 15.5. The number of amides is 2. The molecule has 0 bridgehead atoms. The summed E-state index contributed by atoms with van der Waals surface area (Å²) in [6, 6.07) is 5.95. The summed E-state index contributed by atoms with van der Waals surface area (Å²) in [5.41, 5.74) is 3.63. The molecule has 0 radical (unpaired) electrons. The number of halogens is 4. The lowest BCUT2D eigenvalue weighted by Gasteiger charge is -2.18. The van der Waals surface area contributed by atoms with Crippen LogP contribution >= 0.6 is 27.5 Å². The third kappa shape index (κ3) is 4.32. The van der Waals surface area contributed by atoms with E-state index >= 15 is 0 Å². The largest absolute Gasteiger partial charge is 0.477 e. The van der Waals surface area contributed by atoms with E-state index in [0.29, 0.717) is 6.07 Å². The number of carbonyl (C=O) groups is 3. The summed E-state index contributed by atoms with van der Waals surface area (Å²) in [6.07, 6.45) is 1.44. The van der Waals surface area contributed by atoms with E-state index in [2.05, 4.69) is 31.3 Å². The summed E-state index contributed by atoms with van der Waals surface area (Å²) in [7, 11) is 0. The van der Waals surface area contributed by atoms with Crippen LogP contribution in [-0.4, -0.2) is 37.7 Å². The van der Waals surface area contributed by atoms with Crippen LogP contribution in [0.1, 0.15) is 32.0 Å². The van der Waals surface area contributed by atoms with E-state index < -0.39 is 34.8 Å². The van der Waals surface area contributed by atoms with Crippen LogP contribution in [0, 0.1) is 6.92 Å². The number of carboxylic acid groups (broad SMARTS) is 1. The number of hydrogen-bond acceptors (Lipinski definition) is 5. The molecule has 0 saturated heterocycles. The van der Waals surface area contributed by atoms with E-state index in [1.165, 1.54) is 25.3 Å². The summed E-state index contributed by atoms with van der Waals surface area (Å²) < 4.78 is 29.4. The van der Waals surface area contributed by atoms with Gasteiger partial charge in [0, 0.05) is 17.8 Å². The Morgan fingerprint density at radius 2 is 1.97 bits per heavy atom. The number of anilines is 1. The second-order valence-corrected chi connectivity index (χ2v) is 7.71. The van der Waals surface area contributed by atoms with E-state index in [1.54, 1.807) is 6.07 Å². The van der Waals surface area contributed by atoms with Gasteiger partial charge in [-0.05, 0) is 52.7 Å². The monoisotopic (exact) mass is 527 g/mol. The molecule has 3 rings (SSSR count). The van der Waals surface area contributed by atoms with Gasteiger partial charge in [-0.3, -0.25) is 9.59 Å². The van der Waals surface area contributed by atoms with Gasteiger partial charge in [0.15, 0.2) is 5.82 Å². The molecule has 1 aromatic carbocycles. The number of pyridine rings is 1. The minimum atomic E-state index is -4.27. The number of aliphatic carboxylic acids is 1. The molecule has 0 spiro atoms. The van der Waals surface area contributed by atoms with Crippen molar-refractivity contribution in [2.45, 2.75) is 12.8 Å². The first-order chi connectivity index (χ1) is 14.9. The molecule has 0 fully saturated rings. The Morgan fingerprint density at radius 3 is 2.56 bits per heavy atom. The van der Waals surface area contributed by atoms with Gasteiger partial charge in [-0.2, -0.15) is 13.9 Å². The van der Waals surface area contributed by atoms with Gasteiger partial charge in [0.1, 0.15) is 10.3 Å². The number of benzene rings is 1. The molecule has 2 aromatic heterocycles. The highest BCUT2D eigenvalue weighted by molar-refractivity contribution is 9.10. The molecule has 0 aliphatic carbocycles. The van der Waals surface area contributed by atoms with Crippen LogP contribution in [0.3, 0.4) is 0 Å². The minimum absolute atomic E-state index is 0.00780. The van der Waals surface area contributed by atoms with E-state index in [0.717, 1.165) is 10.7 Å². The highest BCUT2D eigenvalue weighted by Gasteiger charge is 2.42. The van der Waals surface area contributed by atoms with E-state index in [9.17, 15) is 23.2 Å². The number of aromatic nitrogens is 3. The lowest BCUT2D eigenvalue weighted by molar-refractivity contribution is -0.166. The number of primary amides is 1. The third-order valence-electron chi connectivity index (χ3n) is 4.32. The third-order valence-corrected chi connectivity index (χ3v) is 5.01. The normalized spacial score (nSPS) is 11.3. The van der Waals surface area contributed by atoms with E-state index in [1.807, 2.05) is 0 Å². The van der Waals surface area contributed by atoms with Crippen molar-refractivity contribution in [3.8, 4) is 5.82 Å². The zero-order valence-electron chi connectivity index (χ0n) is 16.1. The fraction of sp³-hybridized carbons (Fsp3) is 0.105. The van der Waals surface area contributed by atoms with Crippen LogP contribution < -0.4 is 11.1 Å². The summed E-state index contributed by atoms with van der Waals surface area (Å²) >= 11 is 9.29. The second kappa shape index (κ2) is 8.63. The Balaban J connectivity index is 2.07. The van der Waals surface area contributed by atoms with Crippen molar-refractivity contribution in [1.82, 2.24) is 14.8 Å². The number of carboxylic acids is 1. The van der Waals surface area contributed by atoms with Crippen LogP contribution in [0.25, 0.3) is 5.82 Å². The molecule has 4 N–H and O–H groups in total. The molecule has 0 aliphatic heterocycles. The quantitative estimate of drug-likeness (QED) is 0.447. The number of alkyl halides is 2. The molecule has 0 unspecified atom stereocenters. The highest BCUT2D eigenvalue weighted by atomic mass is 79.9. The zero-order chi connectivity index (χ0) is 23.8. The number of rotatable bonds is 6. The van der Waals surface area contributed by atoms with Gasteiger partial charge < -0.3 is 16.2 Å². The molecule has 3 aromatic rings. The van der Waals surface area contributed by atoms with Crippen LogP contribution in [0.15, 0.2) is 41.1 Å². The first kappa shape index (κ1) is 23.3. The molecule has 2 amide bonds. The minimum Gasteiger partial charge on any atom is -0.477 e. The van der Waals surface area contributed by atoms with Crippen molar-refractivity contribution in [2.75, 3.05) is 5.32 Å². The van der Waals surface area contributed by atoms with Crippen LogP contribution in [-0.2, 0) is 10.7 Å². The first-order valence-electron chi connectivity index (χ1n) is 8.67. The molecule has 13 heteroatoms. The molecule has 166 valence electrons. The Hall–Kier alpha value is -3.38. The van der Waals surface area contributed by atoms with E-state index in [-0.39, 0.29) is 32.4 Å². The zero-order valence-corrected chi connectivity index (χ0v) is 18.4. The maximum absolute atomic E-state index is 14.0. The van der Waals surface area contributed by atoms with Crippen molar-refractivity contribution < 1.29 is 28.3 Å². The lowest BCUT2D eigenvalue weighted by Crippen LogP contribution is -2.27. The van der Waals surface area contributed by atoms with Gasteiger partial charge in [0.25, 0.3) is 11.8 Å². The van der Waals surface area contributed by atoms with Crippen molar-refractivity contribution in [1.29, 1.82) is 0 Å². The Morgan fingerprint density at radius 1 is 1.28 bits per heavy atom. The molecular weight excluding hydrogens is 516 g/mol. The Bertz CT molecular complexity index is 1260. The predicted octanol–water partition coefficient (Wildman–Crippen LogP) is 3.52. The topological polar surface area (TPSA) is 140 Å². The lowest BCUT2D eigenvalue weighted by atomic mass is 9.98. The SMILES string of the molecule is Cc1cc(C(F)(F)C(=O)O)cc(C(N)=O)c1NC(=O)c1cc(Br)nn1-c1ncccc1Cl. The standard InChI is InChI=1S/C19H13BrClF2N5O4/c1-8-5-9(19(22,23)18(31)32)6-10(15(24)29)14(8)26-17(30)12-7-13(20)27-28(12)16-11(21)3-2-4-25-16/h2-7H,1H3,(H2,24,29)(H,26,30)(H,31,32). The molecular formula is C19H13BrClF2N5O4. The maximum Gasteiger partial charge on any atom is 0.379 e. The van der Waals surface area contributed by atoms with Crippen molar-refractivity contribution in [3.05, 3.63) is 68.5 Å². The smallest absolute Gasteiger partial charge is 0.379 e. The molecule has 32 heavy (non-hydrogen) atoms. The van der Waals surface area contributed by atoms with Gasteiger partial charge in [-0.1, -0.05) is 11.6 Å². The average Bonchev–Trinajstić information content (AvgIpc) is 3.10. The number of carbonyl (C=O) groups excluding carboxylic acids is 2. The van der Waals surface area contributed by atoms with Crippen molar-refractivity contribution in [2.24, 2.45) is 5.73 Å². The fourth-order valence-corrected chi connectivity index (χ4v) is 3.42. The van der Waals surface area contributed by atoms with Gasteiger partial charge in [-0.25, -0.2) is 14.5 Å². The van der Waals surface area contributed by atoms with E-state index in [4.69, 9.17) is 22.4 Å². The van der Waals surface area contributed by atoms with Gasteiger partial charge in [0.2, 0.25) is 0 Å². The molecule has 0 atom stereocenters. The average molecular weight is 529 g/mol. The number of nitrogens with zero attached hydrogens (tertiary/aromatic N) is 3. The molecule has 2 heterocycles. The number of nitrogens with one attached hydrogen (secondary N) is 1. The van der Waals surface area contributed by atoms with Crippen LogP contribution in [0.4, 0.5) is 14.5 Å². The summed E-state index contributed by atoms with van der Waals surface area (Å²) in [4.78, 5) is 39.9. The molecule has 0 aliphatic rings. The number of nitrogens with two attached hydrogens (primary N) is 1. The van der Waals surface area contributed by atoms with Crippen LogP contribution in [0.5, 0.6) is 0 Å². The fourth-order valence-electron chi connectivity index (χ4n) is 2.84. The maximum atomic E-state index is 14.0. The van der Waals surface area contributed by atoms with Crippen molar-refractivity contribution >= 4 is 51.0 Å². The first-order valence-corrected chi connectivity index (χ1v) is 9.84. The molecule has 9 nitrogen and oxygen atoms in total. The number of hydrogen-bond donors (Lipinski definition) is 3. The predicted molar refractivity (Wildman–Crippen MR) is 113 cm³/mol. The van der Waals surface area contributed by atoms with Crippen LogP contribution in [0.2, 0.25) is 5.02 Å². The Labute approximate surface area is 192 Å². The molecule has 0 saturated carbocycles. The van der Waals surface area contributed by atoms with Gasteiger partial charge in [-0.15, -0.1) is 0 Å². The van der Waals surface area contributed by atoms with Gasteiger partial charge >= 0.3 is 11.9 Å². The summed E-state index contributed by atoms with van der Waals surface area (Å²) in [6.45, 7) is 1.31. The highest BCUT2D eigenvalue weighted by Crippen LogP contribution is 2.33. The van der Waals surface area contributed by atoms with Gasteiger partial charge in [0.05, 0.1) is 16.3 Å². The van der Waals surface area contributed by atoms with Crippen molar-refractivity contribution in [3.63, 3.8) is 0 Å². The summed E-state index contributed by atoms with van der Waals surface area (Å²) in [5.74, 6) is -8.45. The number of aryl methyl sites for hydroxylation is 1.